The summed E-state index contributed by atoms with van der Waals surface area (Å²) >= 11 is 0. The van der Waals surface area contributed by atoms with Crippen molar-refractivity contribution >= 4 is 17.2 Å². The summed E-state index contributed by atoms with van der Waals surface area (Å²) in [5.74, 6) is 0.548. The van der Waals surface area contributed by atoms with Gasteiger partial charge in [0.05, 0.1) is 12.6 Å². The number of carbonyl (C=O) groups is 1. The molecule has 0 aliphatic heterocycles. The third-order valence-electron chi connectivity index (χ3n) is 2.21. The third kappa shape index (κ3) is 1.61. The molecule has 0 atom stereocenters. The van der Waals surface area contributed by atoms with E-state index in [1.54, 1.807) is 18.2 Å². The second-order valence-electron chi connectivity index (χ2n) is 3.12. The van der Waals surface area contributed by atoms with Crippen molar-refractivity contribution < 1.29 is 9.53 Å². The molecule has 1 aromatic carbocycles. The maximum Gasteiger partial charge on any atom is 0.248 e. The van der Waals surface area contributed by atoms with Gasteiger partial charge in [0.1, 0.15) is 5.75 Å². The Labute approximate surface area is 85.5 Å². The number of aromatic nitrogens is 1. The molecule has 4 heteroatoms. The van der Waals surface area contributed by atoms with Gasteiger partial charge in [0.25, 0.3) is 0 Å². The Morgan fingerprint density at radius 3 is 2.80 bits per heavy atom. The maximum atomic E-state index is 11.1. The van der Waals surface area contributed by atoms with E-state index in [2.05, 4.69) is 4.98 Å². The fraction of sp³-hybridized carbons (Fsp3) is 0.0909. The minimum Gasteiger partial charge on any atom is -0.497 e. The number of ether oxygens (including phenoxy) is 1. The number of aldehydes is 1. The SMILES string of the molecule is COc1cc(C=O)c2ccc(=O)[nH]c2c1. The van der Waals surface area contributed by atoms with Crippen LogP contribution in [0.15, 0.2) is 29.1 Å². The second kappa shape index (κ2) is 3.57. The fourth-order valence-corrected chi connectivity index (χ4v) is 1.49. The van der Waals surface area contributed by atoms with Crippen LogP contribution in [0.4, 0.5) is 0 Å². The summed E-state index contributed by atoms with van der Waals surface area (Å²) < 4.78 is 5.02. The van der Waals surface area contributed by atoms with Gasteiger partial charge in [-0.25, -0.2) is 0 Å². The van der Waals surface area contributed by atoms with E-state index < -0.39 is 0 Å². The van der Waals surface area contributed by atoms with Crippen molar-refractivity contribution in [3.05, 3.63) is 40.2 Å². The molecule has 0 radical (unpaired) electrons. The number of aromatic amines is 1. The number of carbonyl (C=O) groups excluding carboxylic acids is 1. The molecule has 0 amide bonds. The number of H-pyrrole nitrogens is 1. The first-order valence-electron chi connectivity index (χ1n) is 4.41. The number of nitrogens with one attached hydrogen (secondary N) is 1. The Hall–Kier alpha value is -2.10. The van der Waals surface area contributed by atoms with Gasteiger partial charge in [-0.15, -0.1) is 0 Å². The van der Waals surface area contributed by atoms with Gasteiger partial charge in [0, 0.05) is 23.1 Å². The first-order chi connectivity index (χ1) is 7.24. The van der Waals surface area contributed by atoms with E-state index in [0.717, 1.165) is 6.29 Å². The van der Waals surface area contributed by atoms with Crippen LogP contribution in [0, 0.1) is 0 Å². The van der Waals surface area contributed by atoms with E-state index in [9.17, 15) is 9.59 Å². The number of fused-ring (bicyclic) bond motifs is 1. The zero-order valence-corrected chi connectivity index (χ0v) is 8.11. The summed E-state index contributed by atoms with van der Waals surface area (Å²) in [6.07, 6.45) is 0.739. The molecule has 1 N–H and O–H groups in total. The van der Waals surface area contributed by atoms with Gasteiger partial charge in [-0.05, 0) is 12.1 Å². The van der Waals surface area contributed by atoms with Crippen molar-refractivity contribution in [2.24, 2.45) is 0 Å². The molecular formula is C11H9NO3. The molecule has 0 aliphatic rings. The zero-order valence-electron chi connectivity index (χ0n) is 8.11. The van der Waals surface area contributed by atoms with Crippen LogP contribution in [-0.4, -0.2) is 18.4 Å². The zero-order chi connectivity index (χ0) is 10.8. The molecule has 0 spiro atoms. The van der Waals surface area contributed by atoms with E-state index >= 15 is 0 Å². The van der Waals surface area contributed by atoms with Crippen molar-refractivity contribution in [3.8, 4) is 5.75 Å². The summed E-state index contributed by atoms with van der Waals surface area (Å²) in [7, 11) is 1.51. The van der Waals surface area contributed by atoms with E-state index in [1.165, 1.54) is 13.2 Å². The Bertz CT molecular complexity index is 572. The van der Waals surface area contributed by atoms with Crippen molar-refractivity contribution in [2.75, 3.05) is 7.11 Å². The number of pyridine rings is 1. The average Bonchev–Trinajstić information content (AvgIpc) is 2.26. The van der Waals surface area contributed by atoms with Crippen LogP contribution in [0.5, 0.6) is 5.75 Å². The topological polar surface area (TPSA) is 59.2 Å². The average molecular weight is 203 g/mol. The van der Waals surface area contributed by atoms with Crippen LogP contribution in [0.1, 0.15) is 10.4 Å². The van der Waals surface area contributed by atoms with Gasteiger partial charge in [-0.2, -0.15) is 0 Å². The second-order valence-corrected chi connectivity index (χ2v) is 3.12. The monoisotopic (exact) mass is 203 g/mol. The highest BCUT2D eigenvalue weighted by Gasteiger charge is 2.04. The number of rotatable bonds is 2. The van der Waals surface area contributed by atoms with E-state index in [1.807, 2.05) is 0 Å². The summed E-state index contributed by atoms with van der Waals surface area (Å²) in [5.41, 5.74) is 0.900. The fourth-order valence-electron chi connectivity index (χ4n) is 1.49. The Morgan fingerprint density at radius 2 is 2.13 bits per heavy atom. The highest BCUT2D eigenvalue weighted by atomic mass is 16.5. The molecule has 2 rings (SSSR count). The Kier molecular flexibility index (Phi) is 2.25. The molecule has 0 bridgehead atoms. The molecule has 2 aromatic rings. The molecule has 76 valence electrons. The number of hydrogen-bond acceptors (Lipinski definition) is 3. The van der Waals surface area contributed by atoms with Crippen molar-refractivity contribution in [3.63, 3.8) is 0 Å². The summed E-state index contributed by atoms with van der Waals surface area (Å²) in [6, 6.07) is 6.33. The first kappa shape index (κ1) is 9.45. The number of hydrogen-bond donors (Lipinski definition) is 1. The molecule has 0 fully saturated rings. The number of benzene rings is 1. The summed E-state index contributed by atoms with van der Waals surface area (Å²) in [6.45, 7) is 0. The van der Waals surface area contributed by atoms with Gasteiger partial charge in [0.2, 0.25) is 5.56 Å². The van der Waals surface area contributed by atoms with Gasteiger partial charge in [-0.3, -0.25) is 9.59 Å². The molecule has 4 nitrogen and oxygen atoms in total. The van der Waals surface area contributed by atoms with Gasteiger partial charge < -0.3 is 9.72 Å². The normalized spacial score (nSPS) is 10.2. The van der Waals surface area contributed by atoms with Crippen LogP contribution >= 0.6 is 0 Å². The van der Waals surface area contributed by atoms with Crippen molar-refractivity contribution in [1.82, 2.24) is 4.98 Å². The first-order valence-corrected chi connectivity index (χ1v) is 4.41. The highest BCUT2D eigenvalue weighted by Crippen LogP contribution is 2.21. The lowest BCUT2D eigenvalue weighted by Gasteiger charge is -2.04. The van der Waals surface area contributed by atoms with Gasteiger partial charge in [-0.1, -0.05) is 0 Å². The molecule has 0 unspecified atom stereocenters. The highest BCUT2D eigenvalue weighted by molar-refractivity contribution is 5.97. The van der Waals surface area contributed by atoms with E-state index in [-0.39, 0.29) is 5.56 Å². The lowest BCUT2D eigenvalue weighted by atomic mass is 10.1. The Balaban J connectivity index is 2.86. The van der Waals surface area contributed by atoms with E-state index in [4.69, 9.17) is 4.74 Å². The predicted octanol–water partition coefficient (Wildman–Crippen LogP) is 1.35. The molecule has 0 aliphatic carbocycles. The van der Waals surface area contributed by atoms with Crippen molar-refractivity contribution in [1.29, 1.82) is 0 Å². The van der Waals surface area contributed by atoms with Crippen LogP contribution < -0.4 is 10.3 Å². The largest absolute Gasteiger partial charge is 0.497 e. The smallest absolute Gasteiger partial charge is 0.248 e. The third-order valence-corrected chi connectivity index (χ3v) is 2.21. The van der Waals surface area contributed by atoms with Crippen LogP contribution in [-0.2, 0) is 0 Å². The quantitative estimate of drug-likeness (QED) is 0.749. The van der Waals surface area contributed by atoms with Crippen LogP contribution in [0.3, 0.4) is 0 Å². The van der Waals surface area contributed by atoms with E-state index in [0.29, 0.717) is 22.2 Å². The Morgan fingerprint density at radius 1 is 1.33 bits per heavy atom. The van der Waals surface area contributed by atoms with Crippen molar-refractivity contribution in [2.45, 2.75) is 0 Å². The van der Waals surface area contributed by atoms with Gasteiger partial charge >= 0.3 is 0 Å². The van der Waals surface area contributed by atoms with Crippen LogP contribution in [0.25, 0.3) is 10.9 Å². The molecule has 0 saturated heterocycles. The summed E-state index contributed by atoms with van der Waals surface area (Å²) in [4.78, 5) is 24.6. The molecule has 0 saturated carbocycles. The standard InChI is InChI=1S/C11H9NO3/c1-15-8-4-7(6-13)9-2-3-11(14)12-10(9)5-8/h2-6H,1H3,(H,12,14). The van der Waals surface area contributed by atoms with Crippen LogP contribution in [0.2, 0.25) is 0 Å². The molecule has 1 aromatic heterocycles. The minimum absolute atomic E-state index is 0.201. The molecule has 1 heterocycles. The number of methoxy groups -OCH3 is 1. The molecular weight excluding hydrogens is 194 g/mol. The lowest BCUT2D eigenvalue weighted by molar-refractivity contribution is 0.112. The summed E-state index contributed by atoms with van der Waals surface area (Å²) in [5, 5.41) is 0.713. The van der Waals surface area contributed by atoms with Gasteiger partial charge in [0.15, 0.2) is 6.29 Å². The maximum absolute atomic E-state index is 11.1. The predicted molar refractivity (Wildman–Crippen MR) is 56.5 cm³/mol. The minimum atomic E-state index is -0.201. The molecule has 15 heavy (non-hydrogen) atoms. The lowest BCUT2D eigenvalue weighted by Crippen LogP contribution is -2.03.